The number of ether oxygens (including phenoxy) is 3. The molecule has 18 heteroatoms. The Kier molecular flexibility index (Phi) is 19.7. The van der Waals surface area contributed by atoms with E-state index in [1.807, 2.05) is 91.2 Å². The number of rotatable bonds is 15. The molecular weight excluding hydrogens is 1060 g/mol. The van der Waals surface area contributed by atoms with Crippen LogP contribution in [0.5, 0.6) is 11.5 Å². The van der Waals surface area contributed by atoms with E-state index in [1.54, 1.807) is 19.1 Å². The maximum atomic E-state index is 13.8. The molecule has 4 aromatic rings. The van der Waals surface area contributed by atoms with E-state index in [1.165, 1.54) is 16.0 Å². The standard InChI is InChI=1S/C30H41N3O4.C18H25N3O3.C18H27N3O2/c1-28(2,3)37-26(34)21-33-27(35)32(20-23-12-14-25(36-6)15-13-23)22-29(33)16-18-30(19-17-29,31(4)5)24-10-8-7-9-11-24;1-20(2)18(14-6-4-3-5-7-14)10-8-17(9-11-18)13-19-16(24)21(17)12-15(22)23;1-20(2)15-8-10-18(11-9-15)13-21(17(22)19-18)12-14-4-6-16(23-3)7-5-14/h7-15H,16-22H2,1-6H3;3-7H,8-13H2,1-2H3,(H,19,24)(H,22,23);4-7,15H,8-13H2,1-3H3,(H,19,22). The highest BCUT2D eigenvalue weighted by Crippen LogP contribution is 2.50. The fourth-order valence-corrected chi connectivity index (χ4v) is 14.1. The van der Waals surface area contributed by atoms with E-state index in [0.29, 0.717) is 32.2 Å². The summed E-state index contributed by atoms with van der Waals surface area (Å²) in [5.41, 5.74) is 3.19. The van der Waals surface area contributed by atoms with E-state index in [-0.39, 0.29) is 59.3 Å². The normalized spacial score (nSPS) is 26.7. The predicted octanol–water partition coefficient (Wildman–Crippen LogP) is 9.37. The third-order valence-electron chi connectivity index (χ3n) is 19.2. The first-order chi connectivity index (χ1) is 39.9. The number of hydrogen-bond donors (Lipinski definition) is 3. The van der Waals surface area contributed by atoms with Crippen molar-refractivity contribution in [3.63, 3.8) is 0 Å². The molecule has 3 aliphatic heterocycles. The smallest absolute Gasteiger partial charge is 0.326 e. The van der Waals surface area contributed by atoms with Gasteiger partial charge in [0.25, 0.3) is 0 Å². The van der Waals surface area contributed by atoms with E-state index in [2.05, 4.69) is 116 Å². The molecule has 3 heterocycles. The van der Waals surface area contributed by atoms with Gasteiger partial charge in [0.1, 0.15) is 30.2 Å². The van der Waals surface area contributed by atoms with Gasteiger partial charge in [0.15, 0.2) is 0 Å². The molecule has 84 heavy (non-hydrogen) atoms. The van der Waals surface area contributed by atoms with E-state index in [0.717, 1.165) is 106 Å². The quantitative estimate of drug-likeness (QED) is 0.0962. The lowest BCUT2D eigenvalue weighted by molar-refractivity contribution is -0.156. The number of carboxylic acid groups (broad SMARTS) is 1. The maximum absolute atomic E-state index is 13.8. The number of nitrogens with zero attached hydrogens (tertiary/aromatic N) is 7. The first-order valence-electron chi connectivity index (χ1n) is 29.9. The van der Waals surface area contributed by atoms with Crippen LogP contribution in [0.3, 0.4) is 0 Å². The number of nitrogens with one attached hydrogen (secondary N) is 2. The lowest BCUT2D eigenvalue weighted by atomic mass is 9.68. The topological polar surface area (TPSA) is 180 Å². The van der Waals surface area contributed by atoms with Crippen molar-refractivity contribution in [3.05, 3.63) is 131 Å². The number of aliphatic carboxylic acids is 1. The molecule has 6 fully saturated rings. The summed E-state index contributed by atoms with van der Waals surface area (Å²) >= 11 is 0. The molecule has 456 valence electrons. The number of benzene rings is 4. The van der Waals surface area contributed by atoms with Crippen LogP contribution in [-0.2, 0) is 38.5 Å². The van der Waals surface area contributed by atoms with Gasteiger partial charge < -0.3 is 54.5 Å². The van der Waals surface area contributed by atoms with E-state index in [9.17, 15) is 24.0 Å². The van der Waals surface area contributed by atoms with Crippen molar-refractivity contribution in [3.8, 4) is 11.5 Å². The zero-order chi connectivity index (χ0) is 60.7. The van der Waals surface area contributed by atoms with Gasteiger partial charge in [-0.3, -0.25) is 19.4 Å². The predicted molar refractivity (Wildman–Crippen MR) is 326 cm³/mol. The van der Waals surface area contributed by atoms with Gasteiger partial charge >= 0.3 is 30.0 Å². The minimum Gasteiger partial charge on any atom is -0.497 e. The summed E-state index contributed by atoms with van der Waals surface area (Å²) in [7, 11) is 16.1. The Bertz CT molecular complexity index is 2850. The van der Waals surface area contributed by atoms with Gasteiger partial charge in [-0.1, -0.05) is 84.9 Å². The summed E-state index contributed by atoms with van der Waals surface area (Å²) in [5.74, 6) is 0.309. The van der Waals surface area contributed by atoms with Gasteiger partial charge in [-0.2, -0.15) is 0 Å². The largest absolute Gasteiger partial charge is 0.497 e. The molecule has 6 amide bonds. The van der Waals surface area contributed by atoms with Crippen LogP contribution in [-0.4, -0.2) is 187 Å². The van der Waals surface area contributed by atoms with Crippen LogP contribution >= 0.6 is 0 Å². The molecule has 0 unspecified atom stereocenters. The van der Waals surface area contributed by atoms with E-state index < -0.39 is 17.1 Å². The molecule has 6 aliphatic rings. The van der Waals surface area contributed by atoms with Gasteiger partial charge in [-0.15, -0.1) is 0 Å². The van der Waals surface area contributed by atoms with Crippen LogP contribution in [0.4, 0.5) is 14.4 Å². The highest BCUT2D eigenvalue weighted by Gasteiger charge is 2.56. The first kappa shape index (κ1) is 63.1. The summed E-state index contributed by atoms with van der Waals surface area (Å²) in [6, 6.07) is 37.2. The summed E-state index contributed by atoms with van der Waals surface area (Å²) in [5, 5.41) is 15.3. The van der Waals surface area contributed by atoms with E-state index >= 15 is 0 Å². The zero-order valence-corrected chi connectivity index (χ0v) is 51.7. The number of amides is 6. The van der Waals surface area contributed by atoms with Gasteiger partial charge in [0.2, 0.25) is 0 Å². The van der Waals surface area contributed by atoms with Crippen LogP contribution in [0.2, 0.25) is 0 Å². The Morgan fingerprint density at radius 3 is 1.48 bits per heavy atom. The third-order valence-corrected chi connectivity index (χ3v) is 19.2. The molecule has 18 nitrogen and oxygen atoms in total. The van der Waals surface area contributed by atoms with Gasteiger partial charge in [0.05, 0.1) is 30.8 Å². The van der Waals surface area contributed by atoms with Crippen molar-refractivity contribution in [2.75, 3.05) is 89.2 Å². The fraction of sp³-hybridized carbons (Fsp3) is 0.561. The number of esters is 1. The number of carboxylic acids is 1. The van der Waals surface area contributed by atoms with Crippen molar-refractivity contribution in [2.24, 2.45) is 0 Å². The van der Waals surface area contributed by atoms with Crippen molar-refractivity contribution < 1.29 is 43.3 Å². The first-order valence-corrected chi connectivity index (χ1v) is 29.9. The van der Waals surface area contributed by atoms with Crippen LogP contribution in [0.25, 0.3) is 0 Å². The average Bonchev–Trinajstić information content (AvgIpc) is 2.05. The second kappa shape index (κ2) is 26.2. The van der Waals surface area contributed by atoms with Crippen molar-refractivity contribution in [1.29, 1.82) is 0 Å². The summed E-state index contributed by atoms with van der Waals surface area (Å²) in [4.78, 5) is 76.4. The molecule has 10 rings (SSSR count). The summed E-state index contributed by atoms with van der Waals surface area (Å²) in [6.45, 7) is 8.41. The molecule has 0 atom stereocenters. The molecule has 3 saturated carbocycles. The molecule has 3 saturated heterocycles. The molecule has 3 N–H and O–H groups in total. The fourth-order valence-electron chi connectivity index (χ4n) is 14.1. The molecule has 0 radical (unpaired) electrons. The summed E-state index contributed by atoms with van der Waals surface area (Å²) < 4.78 is 16.1. The molecular formula is C66H93N9O9. The third kappa shape index (κ3) is 14.1. The van der Waals surface area contributed by atoms with Crippen LogP contribution in [0.1, 0.15) is 120 Å². The van der Waals surface area contributed by atoms with Crippen molar-refractivity contribution in [2.45, 2.75) is 150 Å². The lowest BCUT2D eigenvalue weighted by Gasteiger charge is -2.50. The Labute approximate surface area is 498 Å². The van der Waals surface area contributed by atoms with Crippen LogP contribution < -0.4 is 20.1 Å². The number of methoxy groups -OCH3 is 2. The number of urea groups is 3. The molecule has 3 aliphatic carbocycles. The molecule has 4 aromatic carbocycles. The van der Waals surface area contributed by atoms with Gasteiger partial charge in [0, 0.05) is 49.8 Å². The lowest BCUT2D eigenvalue weighted by Crippen LogP contribution is -2.56. The van der Waals surface area contributed by atoms with Crippen molar-refractivity contribution >= 4 is 30.0 Å². The second-order valence-electron chi connectivity index (χ2n) is 25.9. The Hall–Kier alpha value is -6.89. The summed E-state index contributed by atoms with van der Waals surface area (Å²) in [6.07, 6.45) is 11.3. The number of hydrogen-bond acceptors (Lipinski definition) is 11. The van der Waals surface area contributed by atoms with Crippen LogP contribution in [0, 0.1) is 0 Å². The monoisotopic (exact) mass is 1160 g/mol. The SMILES string of the molecule is CN(C)C1(c2ccccc2)CCC2(CC1)CNC(=O)N2CC(=O)O.COc1ccc(CN2CC3(CCC(N(C)C)CC3)NC2=O)cc1.COc1ccc(CN2CC3(CCC(c4ccccc4)(N(C)C)CC3)N(CC(=O)OC(C)(C)C)C2=O)cc1. The van der Waals surface area contributed by atoms with E-state index in [4.69, 9.17) is 19.3 Å². The van der Waals surface area contributed by atoms with Crippen LogP contribution in [0.15, 0.2) is 109 Å². The Morgan fingerprint density at radius 1 is 0.583 bits per heavy atom. The zero-order valence-electron chi connectivity index (χ0n) is 51.7. The minimum atomic E-state index is -0.959. The Balaban J connectivity index is 0.000000171. The minimum absolute atomic E-state index is 0.0178. The van der Waals surface area contributed by atoms with Gasteiger partial charge in [-0.05, 0) is 187 Å². The second-order valence-corrected chi connectivity index (χ2v) is 25.9. The van der Waals surface area contributed by atoms with Gasteiger partial charge in [-0.25, -0.2) is 14.4 Å². The maximum Gasteiger partial charge on any atom is 0.326 e. The molecule has 0 aromatic heterocycles. The highest BCUT2D eigenvalue weighted by molar-refractivity contribution is 5.84. The number of carbonyl (C=O) groups excluding carboxylic acids is 4. The average molecular weight is 1160 g/mol. The number of carbonyl (C=O) groups is 5. The van der Waals surface area contributed by atoms with Crippen molar-refractivity contribution in [1.82, 2.24) is 44.9 Å². The molecule has 0 bridgehead atoms. The molecule has 3 spiro atoms. The Morgan fingerprint density at radius 2 is 1.05 bits per heavy atom. The highest BCUT2D eigenvalue weighted by atomic mass is 16.6.